The largest absolute Gasteiger partial charge is 0.508 e. The molecular weight excluding hydrogens is 246 g/mol. The third-order valence-electron chi connectivity index (χ3n) is 4.28. The smallest absolute Gasteiger partial charge is 0.120 e. The minimum Gasteiger partial charge on any atom is -0.508 e. The van der Waals surface area contributed by atoms with Crippen molar-refractivity contribution < 1.29 is 5.11 Å². The first-order valence-corrected chi connectivity index (χ1v) is 7.26. The molecule has 0 bridgehead atoms. The van der Waals surface area contributed by atoms with Crippen LogP contribution >= 0.6 is 0 Å². The quantitative estimate of drug-likeness (QED) is 0.885. The lowest BCUT2D eigenvalue weighted by atomic mass is 9.77. The zero-order chi connectivity index (χ0) is 14.1. The number of nitrogens with one attached hydrogen (secondary N) is 1. The molecule has 104 valence electrons. The summed E-state index contributed by atoms with van der Waals surface area (Å²) in [5.74, 6) is 0.991. The number of benzene rings is 2. The van der Waals surface area contributed by atoms with Crippen LogP contribution < -0.4 is 5.32 Å². The van der Waals surface area contributed by atoms with Gasteiger partial charge in [-0.05, 0) is 37.5 Å². The summed E-state index contributed by atoms with van der Waals surface area (Å²) in [4.78, 5) is 0. The van der Waals surface area contributed by atoms with Crippen molar-refractivity contribution in [3.8, 4) is 5.75 Å². The Kier molecular flexibility index (Phi) is 3.49. The number of hydrogen-bond acceptors (Lipinski definition) is 2. The number of aryl methyl sites for hydroxylation is 1. The van der Waals surface area contributed by atoms with Gasteiger partial charge in [0.15, 0.2) is 0 Å². The van der Waals surface area contributed by atoms with Gasteiger partial charge in [0.2, 0.25) is 0 Å². The molecule has 1 aliphatic rings. The van der Waals surface area contributed by atoms with E-state index in [9.17, 15) is 5.11 Å². The second-order valence-electron chi connectivity index (χ2n) is 5.79. The van der Waals surface area contributed by atoms with Crippen LogP contribution in [0.15, 0.2) is 42.5 Å². The van der Waals surface area contributed by atoms with Crippen molar-refractivity contribution >= 4 is 0 Å². The summed E-state index contributed by atoms with van der Waals surface area (Å²) in [5, 5.41) is 13.5. The number of phenolic OH excluding ortho intramolecular Hbond substituents is 1. The second kappa shape index (κ2) is 5.29. The molecule has 0 aromatic heterocycles. The molecular formula is C18H21NO. The highest BCUT2D eigenvalue weighted by Gasteiger charge is 2.25. The van der Waals surface area contributed by atoms with Crippen LogP contribution in [0.4, 0.5) is 0 Å². The Hall–Kier alpha value is -1.80. The first-order chi connectivity index (χ1) is 9.65. The van der Waals surface area contributed by atoms with Gasteiger partial charge in [-0.15, -0.1) is 0 Å². The van der Waals surface area contributed by atoms with E-state index in [0.717, 1.165) is 18.5 Å². The lowest BCUT2D eigenvalue weighted by Gasteiger charge is -2.31. The Morgan fingerprint density at radius 3 is 2.85 bits per heavy atom. The van der Waals surface area contributed by atoms with E-state index in [0.29, 0.717) is 11.7 Å². The molecule has 0 spiro atoms. The van der Waals surface area contributed by atoms with E-state index in [1.54, 1.807) is 6.07 Å². The van der Waals surface area contributed by atoms with Gasteiger partial charge >= 0.3 is 0 Å². The van der Waals surface area contributed by atoms with Crippen LogP contribution in [0, 0.1) is 6.92 Å². The average Bonchev–Trinajstić information content (AvgIpc) is 2.42. The molecule has 0 fully saturated rings. The molecule has 2 atom stereocenters. The third-order valence-corrected chi connectivity index (χ3v) is 4.28. The standard InChI is InChI=1S/C18H21NO/c1-12-7-8-18(20)17(9-12)13(2)19-11-15-10-14-5-3-4-6-16(14)15/h3-9,13,15,19-20H,10-11H2,1-2H3. The summed E-state index contributed by atoms with van der Waals surface area (Å²) < 4.78 is 0. The van der Waals surface area contributed by atoms with E-state index in [-0.39, 0.29) is 6.04 Å². The lowest BCUT2D eigenvalue weighted by Crippen LogP contribution is -2.30. The maximum atomic E-state index is 9.96. The Morgan fingerprint density at radius 2 is 2.05 bits per heavy atom. The van der Waals surface area contributed by atoms with E-state index < -0.39 is 0 Å². The summed E-state index contributed by atoms with van der Waals surface area (Å²) in [6, 6.07) is 14.6. The average molecular weight is 267 g/mol. The van der Waals surface area contributed by atoms with Gasteiger partial charge in [-0.1, -0.05) is 42.0 Å². The molecule has 2 nitrogen and oxygen atoms in total. The fourth-order valence-electron chi connectivity index (χ4n) is 2.99. The van der Waals surface area contributed by atoms with Crippen LogP contribution in [0.2, 0.25) is 0 Å². The monoisotopic (exact) mass is 267 g/mol. The molecule has 2 aromatic rings. The molecule has 1 aliphatic carbocycles. The molecule has 2 aromatic carbocycles. The van der Waals surface area contributed by atoms with Crippen molar-refractivity contribution in [2.75, 3.05) is 6.54 Å². The lowest BCUT2D eigenvalue weighted by molar-refractivity contribution is 0.441. The van der Waals surface area contributed by atoms with Crippen molar-refractivity contribution in [2.45, 2.75) is 32.2 Å². The topological polar surface area (TPSA) is 32.3 Å². The van der Waals surface area contributed by atoms with Crippen LogP contribution in [0.5, 0.6) is 5.75 Å². The molecule has 2 N–H and O–H groups in total. The SMILES string of the molecule is Cc1ccc(O)c(C(C)NCC2Cc3ccccc32)c1. The first-order valence-electron chi connectivity index (χ1n) is 7.26. The summed E-state index contributed by atoms with van der Waals surface area (Å²) in [5.41, 5.74) is 5.11. The minimum absolute atomic E-state index is 0.169. The predicted molar refractivity (Wildman–Crippen MR) is 82.1 cm³/mol. The highest BCUT2D eigenvalue weighted by molar-refractivity contribution is 5.41. The normalized spacial score (nSPS) is 18.2. The zero-order valence-electron chi connectivity index (χ0n) is 12.1. The van der Waals surface area contributed by atoms with Gasteiger partial charge in [0, 0.05) is 24.1 Å². The molecule has 0 aliphatic heterocycles. The Labute approximate surface area is 120 Å². The highest BCUT2D eigenvalue weighted by atomic mass is 16.3. The maximum absolute atomic E-state index is 9.96. The number of rotatable bonds is 4. The van der Waals surface area contributed by atoms with E-state index in [2.05, 4.69) is 49.5 Å². The summed E-state index contributed by atoms with van der Waals surface area (Å²) in [6.07, 6.45) is 1.16. The fraction of sp³-hybridized carbons (Fsp3) is 0.333. The molecule has 0 saturated carbocycles. The second-order valence-corrected chi connectivity index (χ2v) is 5.79. The Balaban J connectivity index is 1.63. The van der Waals surface area contributed by atoms with Crippen LogP contribution in [-0.4, -0.2) is 11.7 Å². The van der Waals surface area contributed by atoms with Gasteiger partial charge < -0.3 is 10.4 Å². The first kappa shape index (κ1) is 13.2. The van der Waals surface area contributed by atoms with Crippen molar-refractivity contribution in [2.24, 2.45) is 0 Å². The molecule has 3 rings (SSSR count). The maximum Gasteiger partial charge on any atom is 0.120 e. The van der Waals surface area contributed by atoms with Gasteiger partial charge in [0.05, 0.1) is 0 Å². The molecule has 2 heteroatoms. The minimum atomic E-state index is 0.169. The zero-order valence-corrected chi connectivity index (χ0v) is 12.1. The molecule has 0 radical (unpaired) electrons. The van der Waals surface area contributed by atoms with Crippen LogP contribution in [0.3, 0.4) is 0 Å². The molecule has 0 amide bonds. The van der Waals surface area contributed by atoms with Gasteiger partial charge in [0.25, 0.3) is 0 Å². The van der Waals surface area contributed by atoms with E-state index in [1.807, 2.05) is 6.07 Å². The van der Waals surface area contributed by atoms with E-state index in [4.69, 9.17) is 0 Å². The molecule has 0 heterocycles. The number of aromatic hydroxyl groups is 1. The summed E-state index contributed by atoms with van der Waals surface area (Å²) >= 11 is 0. The van der Waals surface area contributed by atoms with E-state index in [1.165, 1.54) is 16.7 Å². The van der Waals surface area contributed by atoms with Gasteiger partial charge in [-0.3, -0.25) is 0 Å². The predicted octanol–water partition coefficient (Wildman–Crippen LogP) is 3.69. The fourth-order valence-corrected chi connectivity index (χ4v) is 2.99. The van der Waals surface area contributed by atoms with E-state index >= 15 is 0 Å². The van der Waals surface area contributed by atoms with Gasteiger partial charge in [-0.25, -0.2) is 0 Å². The number of phenols is 1. The van der Waals surface area contributed by atoms with Crippen LogP contribution in [-0.2, 0) is 6.42 Å². The highest BCUT2D eigenvalue weighted by Crippen LogP contribution is 2.35. The Morgan fingerprint density at radius 1 is 1.25 bits per heavy atom. The summed E-state index contributed by atoms with van der Waals surface area (Å²) in [6.45, 7) is 5.13. The van der Waals surface area contributed by atoms with Crippen LogP contribution in [0.25, 0.3) is 0 Å². The Bertz CT molecular complexity index is 621. The van der Waals surface area contributed by atoms with Gasteiger partial charge in [-0.2, -0.15) is 0 Å². The van der Waals surface area contributed by atoms with Crippen molar-refractivity contribution in [3.05, 3.63) is 64.7 Å². The molecule has 0 saturated heterocycles. The number of fused-ring (bicyclic) bond motifs is 1. The third kappa shape index (κ3) is 2.44. The molecule has 20 heavy (non-hydrogen) atoms. The van der Waals surface area contributed by atoms with Crippen molar-refractivity contribution in [1.29, 1.82) is 0 Å². The summed E-state index contributed by atoms with van der Waals surface area (Å²) in [7, 11) is 0. The molecule has 2 unspecified atom stereocenters. The van der Waals surface area contributed by atoms with Crippen LogP contribution in [0.1, 0.15) is 41.1 Å². The number of hydrogen-bond donors (Lipinski definition) is 2. The van der Waals surface area contributed by atoms with Crippen molar-refractivity contribution in [3.63, 3.8) is 0 Å². The van der Waals surface area contributed by atoms with Gasteiger partial charge in [0.1, 0.15) is 5.75 Å². The van der Waals surface area contributed by atoms with Crippen molar-refractivity contribution in [1.82, 2.24) is 5.32 Å².